The van der Waals surface area contributed by atoms with Crippen molar-refractivity contribution >= 4 is 16.8 Å². The number of aromatic amines is 1. The molecule has 1 fully saturated rings. The normalized spacial score (nSPS) is 15.1. The standard InChI is InChI=1S/C24H29N3O4/c1-29-21-14-19-18(22(30-2)23(21)31-3)13-20(26-19)24(28)25-17-9-11-27(12-10-17)15-16-7-5-4-6-8-16/h4-8,13-14,17,26H,9-12,15H2,1-3H3,(H,25,28). The number of hydrogen-bond acceptors (Lipinski definition) is 5. The molecule has 1 amide bonds. The number of carbonyl (C=O) groups is 1. The molecule has 2 aromatic carbocycles. The van der Waals surface area contributed by atoms with Crippen LogP contribution in [0.3, 0.4) is 0 Å². The third-order valence-corrected chi connectivity index (χ3v) is 5.84. The van der Waals surface area contributed by atoms with Gasteiger partial charge in [-0.05, 0) is 24.5 Å². The number of H-pyrrole nitrogens is 1. The Bertz CT molecular complexity index is 1040. The summed E-state index contributed by atoms with van der Waals surface area (Å²) in [6.07, 6.45) is 1.87. The first-order valence-electron chi connectivity index (χ1n) is 10.5. The van der Waals surface area contributed by atoms with Gasteiger partial charge in [-0.1, -0.05) is 30.3 Å². The highest BCUT2D eigenvalue weighted by molar-refractivity contribution is 6.01. The first-order valence-corrected chi connectivity index (χ1v) is 10.5. The lowest BCUT2D eigenvalue weighted by atomic mass is 10.0. The van der Waals surface area contributed by atoms with Crippen LogP contribution in [-0.4, -0.2) is 56.3 Å². The fraction of sp³-hybridized carbons (Fsp3) is 0.375. The summed E-state index contributed by atoms with van der Waals surface area (Å²) in [6, 6.07) is 14.3. The number of piperidine rings is 1. The topological polar surface area (TPSA) is 75.8 Å². The number of nitrogens with one attached hydrogen (secondary N) is 2. The average Bonchev–Trinajstić information content (AvgIpc) is 3.23. The van der Waals surface area contributed by atoms with Crippen molar-refractivity contribution in [2.45, 2.75) is 25.4 Å². The van der Waals surface area contributed by atoms with Crippen molar-refractivity contribution in [2.75, 3.05) is 34.4 Å². The molecule has 0 saturated carbocycles. The zero-order valence-electron chi connectivity index (χ0n) is 18.2. The van der Waals surface area contributed by atoms with Crippen LogP contribution in [0.15, 0.2) is 42.5 Å². The number of fused-ring (bicyclic) bond motifs is 1. The molecule has 1 aliphatic heterocycles. The van der Waals surface area contributed by atoms with Crippen LogP contribution in [0.5, 0.6) is 17.2 Å². The van der Waals surface area contributed by atoms with Gasteiger partial charge in [0.2, 0.25) is 5.75 Å². The number of methoxy groups -OCH3 is 3. The molecule has 31 heavy (non-hydrogen) atoms. The maximum atomic E-state index is 12.9. The van der Waals surface area contributed by atoms with E-state index in [-0.39, 0.29) is 11.9 Å². The Labute approximate surface area is 182 Å². The molecule has 1 aromatic heterocycles. The van der Waals surface area contributed by atoms with E-state index in [1.807, 2.05) is 12.1 Å². The molecule has 0 bridgehead atoms. The van der Waals surface area contributed by atoms with Gasteiger partial charge in [-0.2, -0.15) is 0 Å². The van der Waals surface area contributed by atoms with E-state index in [0.29, 0.717) is 22.9 Å². The van der Waals surface area contributed by atoms with Crippen molar-refractivity contribution in [2.24, 2.45) is 0 Å². The Hall–Kier alpha value is -3.19. The molecule has 4 rings (SSSR count). The number of hydrogen-bond donors (Lipinski definition) is 2. The van der Waals surface area contributed by atoms with Crippen LogP contribution < -0.4 is 19.5 Å². The molecule has 2 N–H and O–H groups in total. The molecule has 1 saturated heterocycles. The van der Waals surface area contributed by atoms with Gasteiger partial charge >= 0.3 is 0 Å². The third kappa shape index (κ3) is 4.46. The Morgan fingerprint density at radius 3 is 2.39 bits per heavy atom. The summed E-state index contributed by atoms with van der Waals surface area (Å²) < 4.78 is 16.4. The van der Waals surface area contributed by atoms with Crippen molar-refractivity contribution in [3.63, 3.8) is 0 Å². The molecular formula is C24H29N3O4. The third-order valence-electron chi connectivity index (χ3n) is 5.84. The number of carbonyl (C=O) groups excluding carboxylic acids is 1. The summed E-state index contributed by atoms with van der Waals surface area (Å²) in [4.78, 5) is 18.5. The van der Waals surface area contributed by atoms with Crippen molar-refractivity contribution in [1.29, 1.82) is 0 Å². The van der Waals surface area contributed by atoms with E-state index in [9.17, 15) is 4.79 Å². The quantitative estimate of drug-likeness (QED) is 0.607. The lowest BCUT2D eigenvalue weighted by molar-refractivity contribution is 0.0904. The number of benzene rings is 2. The fourth-order valence-electron chi connectivity index (χ4n) is 4.21. The zero-order valence-corrected chi connectivity index (χ0v) is 18.2. The maximum absolute atomic E-state index is 12.9. The van der Waals surface area contributed by atoms with Gasteiger partial charge in [0.05, 0.1) is 26.8 Å². The molecule has 0 atom stereocenters. The molecule has 7 nitrogen and oxygen atoms in total. The molecule has 0 aliphatic carbocycles. The monoisotopic (exact) mass is 423 g/mol. The Kier molecular flexibility index (Phi) is 6.32. The van der Waals surface area contributed by atoms with Crippen molar-refractivity contribution in [3.8, 4) is 17.2 Å². The number of rotatable bonds is 7. The van der Waals surface area contributed by atoms with Gasteiger partial charge in [-0.3, -0.25) is 9.69 Å². The second-order valence-electron chi connectivity index (χ2n) is 7.80. The number of nitrogens with zero attached hydrogens (tertiary/aromatic N) is 1. The smallest absolute Gasteiger partial charge is 0.267 e. The van der Waals surface area contributed by atoms with E-state index in [2.05, 4.69) is 39.5 Å². The van der Waals surface area contributed by atoms with Crippen molar-refractivity contribution in [3.05, 3.63) is 53.7 Å². The number of amides is 1. The Morgan fingerprint density at radius 1 is 1.03 bits per heavy atom. The van der Waals surface area contributed by atoms with Crippen molar-refractivity contribution in [1.82, 2.24) is 15.2 Å². The summed E-state index contributed by atoms with van der Waals surface area (Å²) in [7, 11) is 4.72. The van der Waals surface area contributed by atoms with Gasteiger partial charge < -0.3 is 24.5 Å². The highest BCUT2D eigenvalue weighted by Crippen LogP contribution is 2.43. The maximum Gasteiger partial charge on any atom is 0.267 e. The lowest BCUT2D eigenvalue weighted by Crippen LogP contribution is -2.44. The predicted molar refractivity (Wildman–Crippen MR) is 120 cm³/mol. The SMILES string of the molecule is COc1cc2[nH]c(C(=O)NC3CCN(Cc4ccccc4)CC3)cc2c(OC)c1OC. The van der Waals surface area contributed by atoms with E-state index in [4.69, 9.17) is 14.2 Å². The number of aromatic nitrogens is 1. The molecule has 0 spiro atoms. The van der Waals surface area contributed by atoms with Gasteiger partial charge in [-0.15, -0.1) is 0 Å². The predicted octanol–water partition coefficient (Wildman–Crippen LogP) is 3.59. The lowest BCUT2D eigenvalue weighted by Gasteiger charge is -2.32. The van der Waals surface area contributed by atoms with E-state index in [0.717, 1.165) is 43.4 Å². The second-order valence-corrected chi connectivity index (χ2v) is 7.80. The molecule has 1 aliphatic rings. The second kappa shape index (κ2) is 9.31. The largest absolute Gasteiger partial charge is 0.493 e. The molecule has 0 radical (unpaired) electrons. The van der Waals surface area contributed by atoms with Crippen molar-refractivity contribution < 1.29 is 19.0 Å². The highest BCUT2D eigenvalue weighted by Gasteiger charge is 2.23. The van der Waals surface area contributed by atoms with Crippen LogP contribution in [0.25, 0.3) is 10.9 Å². The van der Waals surface area contributed by atoms with Crippen LogP contribution in [0.2, 0.25) is 0 Å². The van der Waals surface area contributed by atoms with Gasteiger partial charge in [-0.25, -0.2) is 0 Å². The fourth-order valence-corrected chi connectivity index (χ4v) is 4.21. The van der Waals surface area contributed by atoms with Gasteiger partial charge in [0, 0.05) is 37.1 Å². The number of likely N-dealkylation sites (tertiary alicyclic amines) is 1. The molecule has 3 aromatic rings. The summed E-state index contributed by atoms with van der Waals surface area (Å²) in [6.45, 7) is 2.89. The summed E-state index contributed by atoms with van der Waals surface area (Å²) in [5.41, 5.74) is 2.58. The average molecular weight is 424 g/mol. The van der Waals surface area contributed by atoms with Crippen LogP contribution >= 0.6 is 0 Å². The highest BCUT2D eigenvalue weighted by atomic mass is 16.5. The zero-order chi connectivity index (χ0) is 21.8. The van der Waals surface area contributed by atoms with Crippen LogP contribution in [0.1, 0.15) is 28.9 Å². The Morgan fingerprint density at radius 2 is 1.74 bits per heavy atom. The summed E-state index contributed by atoms with van der Waals surface area (Å²) >= 11 is 0. The van der Waals surface area contributed by atoms with E-state index in [1.54, 1.807) is 27.4 Å². The minimum atomic E-state index is -0.113. The van der Waals surface area contributed by atoms with E-state index >= 15 is 0 Å². The van der Waals surface area contributed by atoms with Crippen LogP contribution in [-0.2, 0) is 6.54 Å². The summed E-state index contributed by atoms with van der Waals surface area (Å²) in [5, 5.41) is 3.96. The van der Waals surface area contributed by atoms with E-state index < -0.39 is 0 Å². The van der Waals surface area contributed by atoms with Crippen LogP contribution in [0, 0.1) is 0 Å². The number of ether oxygens (including phenoxy) is 3. The minimum absolute atomic E-state index is 0.113. The van der Waals surface area contributed by atoms with Gasteiger partial charge in [0.15, 0.2) is 11.5 Å². The Balaban J connectivity index is 1.42. The minimum Gasteiger partial charge on any atom is -0.493 e. The first-order chi connectivity index (χ1) is 15.1. The van der Waals surface area contributed by atoms with Gasteiger partial charge in [0.1, 0.15) is 5.69 Å². The first kappa shape index (κ1) is 21.1. The summed E-state index contributed by atoms with van der Waals surface area (Å²) in [5.74, 6) is 1.49. The molecule has 2 heterocycles. The van der Waals surface area contributed by atoms with Crippen LogP contribution in [0.4, 0.5) is 0 Å². The molecule has 7 heteroatoms. The van der Waals surface area contributed by atoms with E-state index in [1.165, 1.54) is 5.56 Å². The molecular weight excluding hydrogens is 394 g/mol. The molecule has 0 unspecified atom stereocenters. The molecule has 164 valence electrons. The van der Waals surface area contributed by atoms with Gasteiger partial charge in [0.25, 0.3) is 5.91 Å².